The fraction of sp³-hybridized carbons (Fsp3) is 0.353. The summed E-state index contributed by atoms with van der Waals surface area (Å²) >= 11 is 0. The smallest absolute Gasteiger partial charge is 0.274 e. The number of rotatable bonds is 8. The van der Waals surface area contributed by atoms with Crippen LogP contribution in [0.3, 0.4) is 0 Å². The zero-order valence-electron chi connectivity index (χ0n) is 14.1. The van der Waals surface area contributed by atoms with E-state index in [0.717, 1.165) is 12.0 Å². The minimum absolute atomic E-state index is 0.280. The topological polar surface area (TPSA) is 85.4 Å². The molecule has 128 valence electrons. The van der Waals surface area contributed by atoms with Crippen LogP contribution in [-0.4, -0.2) is 43.2 Å². The van der Waals surface area contributed by atoms with Gasteiger partial charge < -0.3 is 20.1 Å². The lowest BCUT2D eigenvalue weighted by molar-refractivity contribution is 0.102. The number of carbonyl (C=O) groups is 1. The molecule has 0 atom stereocenters. The standard InChI is InChI=1S/C17H22N4O3/c1-12-5-6-15(24-3)13(9-12)21-17(22)14-10-16(20-11-19-14)18-7-4-8-23-2/h5-6,9-11H,4,7-8H2,1-3H3,(H,21,22)(H,18,19,20). The normalized spacial score (nSPS) is 10.3. The van der Waals surface area contributed by atoms with E-state index in [9.17, 15) is 4.79 Å². The van der Waals surface area contributed by atoms with Gasteiger partial charge in [-0.3, -0.25) is 4.79 Å². The second kappa shape index (κ2) is 8.83. The largest absolute Gasteiger partial charge is 0.495 e. The Labute approximate surface area is 141 Å². The average molecular weight is 330 g/mol. The molecule has 0 spiro atoms. The van der Waals surface area contributed by atoms with Crippen molar-refractivity contribution in [3.05, 3.63) is 41.9 Å². The van der Waals surface area contributed by atoms with Crippen LogP contribution in [0.15, 0.2) is 30.6 Å². The Morgan fingerprint density at radius 2 is 2.04 bits per heavy atom. The maximum atomic E-state index is 12.4. The molecule has 0 fully saturated rings. The van der Waals surface area contributed by atoms with E-state index in [1.807, 2.05) is 25.1 Å². The molecule has 2 N–H and O–H groups in total. The monoisotopic (exact) mass is 330 g/mol. The summed E-state index contributed by atoms with van der Waals surface area (Å²) in [6.07, 6.45) is 2.21. The maximum absolute atomic E-state index is 12.4. The van der Waals surface area contributed by atoms with Crippen LogP contribution >= 0.6 is 0 Å². The van der Waals surface area contributed by atoms with E-state index >= 15 is 0 Å². The Hall–Kier alpha value is -2.67. The average Bonchev–Trinajstić information content (AvgIpc) is 2.59. The van der Waals surface area contributed by atoms with Crippen molar-refractivity contribution in [2.75, 3.05) is 38.0 Å². The number of aryl methyl sites for hydroxylation is 1. The first-order valence-corrected chi connectivity index (χ1v) is 7.65. The van der Waals surface area contributed by atoms with Gasteiger partial charge in [0, 0.05) is 26.3 Å². The minimum atomic E-state index is -0.318. The molecule has 1 amide bonds. The Kier molecular flexibility index (Phi) is 6.51. The predicted octanol–water partition coefficient (Wildman–Crippen LogP) is 2.49. The summed E-state index contributed by atoms with van der Waals surface area (Å²) in [5.74, 6) is 0.879. The van der Waals surface area contributed by atoms with Crippen LogP contribution in [0.5, 0.6) is 5.75 Å². The molecule has 1 aromatic heterocycles. The van der Waals surface area contributed by atoms with Crippen LogP contribution in [-0.2, 0) is 4.74 Å². The van der Waals surface area contributed by atoms with Crippen molar-refractivity contribution in [2.45, 2.75) is 13.3 Å². The lowest BCUT2D eigenvalue weighted by Gasteiger charge is -2.11. The number of anilines is 2. The third-order valence-electron chi connectivity index (χ3n) is 3.33. The van der Waals surface area contributed by atoms with Gasteiger partial charge in [-0.15, -0.1) is 0 Å². The third kappa shape index (κ3) is 4.92. The Balaban J connectivity index is 2.06. The summed E-state index contributed by atoms with van der Waals surface area (Å²) in [6.45, 7) is 3.32. The predicted molar refractivity (Wildman–Crippen MR) is 92.7 cm³/mol. The number of nitrogens with one attached hydrogen (secondary N) is 2. The summed E-state index contributed by atoms with van der Waals surface area (Å²) < 4.78 is 10.3. The van der Waals surface area contributed by atoms with Gasteiger partial charge in [0.25, 0.3) is 5.91 Å². The summed E-state index contributed by atoms with van der Waals surface area (Å²) in [5, 5.41) is 5.95. The molecule has 2 aromatic rings. The molecule has 0 aliphatic carbocycles. The number of hydrogen-bond donors (Lipinski definition) is 2. The summed E-state index contributed by atoms with van der Waals surface area (Å²) in [6, 6.07) is 7.20. The molecule has 0 bridgehead atoms. The minimum Gasteiger partial charge on any atom is -0.495 e. The number of hydrogen-bond acceptors (Lipinski definition) is 6. The Morgan fingerprint density at radius 3 is 2.79 bits per heavy atom. The zero-order chi connectivity index (χ0) is 17.4. The van der Waals surface area contributed by atoms with Crippen molar-refractivity contribution in [2.24, 2.45) is 0 Å². The van der Waals surface area contributed by atoms with Gasteiger partial charge >= 0.3 is 0 Å². The first kappa shape index (κ1) is 17.7. The van der Waals surface area contributed by atoms with E-state index in [4.69, 9.17) is 9.47 Å². The van der Waals surface area contributed by atoms with E-state index in [1.165, 1.54) is 6.33 Å². The highest BCUT2D eigenvalue weighted by Gasteiger charge is 2.12. The van der Waals surface area contributed by atoms with Gasteiger partial charge in [-0.05, 0) is 31.0 Å². The fourth-order valence-electron chi connectivity index (χ4n) is 2.12. The van der Waals surface area contributed by atoms with Crippen molar-refractivity contribution in [3.8, 4) is 5.75 Å². The van der Waals surface area contributed by atoms with E-state index in [2.05, 4.69) is 20.6 Å². The van der Waals surface area contributed by atoms with Crippen molar-refractivity contribution in [1.29, 1.82) is 0 Å². The van der Waals surface area contributed by atoms with Crippen molar-refractivity contribution in [1.82, 2.24) is 9.97 Å². The number of methoxy groups -OCH3 is 2. The molecule has 0 unspecified atom stereocenters. The molecule has 7 heteroatoms. The highest BCUT2D eigenvalue weighted by Crippen LogP contribution is 2.25. The first-order chi connectivity index (χ1) is 11.6. The van der Waals surface area contributed by atoms with E-state index in [-0.39, 0.29) is 11.6 Å². The quantitative estimate of drug-likeness (QED) is 0.723. The molecule has 0 saturated heterocycles. The Bertz CT molecular complexity index is 691. The molecule has 24 heavy (non-hydrogen) atoms. The van der Waals surface area contributed by atoms with Gasteiger partial charge in [0.2, 0.25) is 0 Å². The molecular formula is C17H22N4O3. The summed E-state index contributed by atoms with van der Waals surface area (Å²) in [7, 11) is 3.22. The van der Waals surface area contributed by atoms with Gasteiger partial charge in [-0.25, -0.2) is 9.97 Å². The lowest BCUT2D eigenvalue weighted by Crippen LogP contribution is -2.15. The fourth-order valence-corrected chi connectivity index (χ4v) is 2.12. The number of benzene rings is 1. The number of carbonyl (C=O) groups excluding carboxylic acids is 1. The van der Waals surface area contributed by atoms with Crippen LogP contribution in [0.1, 0.15) is 22.5 Å². The summed E-state index contributed by atoms with van der Waals surface area (Å²) in [5.41, 5.74) is 1.91. The van der Waals surface area contributed by atoms with Gasteiger partial charge in [0.05, 0.1) is 12.8 Å². The molecule has 1 heterocycles. The van der Waals surface area contributed by atoms with E-state index in [1.54, 1.807) is 20.3 Å². The first-order valence-electron chi connectivity index (χ1n) is 7.65. The molecular weight excluding hydrogens is 308 g/mol. The number of ether oxygens (including phenoxy) is 2. The van der Waals surface area contributed by atoms with Crippen LogP contribution < -0.4 is 15.4 Å². The summed E-state index contributed by atoms with van der Waals surface area (Å²) in [4.78, 5) is 20.6. The van der Waals surface area contributed by atoms with Gasteiger partial charge in [-0.1, -0.05) is 6.07 Å². The SMILES string of the molecule is COCCCNc1cc(C(=O)Nc2cc(C)ccc2OC)ncn1. The van der Waals surface area contributed by atoms with Crippen LogP contribution in [0.2, 0.25) is 0 Å². The number of aromatic nitrogens is 2. The van der Waals surface area contributed by atoms with E-state index in [0.29, 0.717) is 30.4 Å². The molecule has 0 aliphatic heterocycles. The van der Waals surface area contributed by atoms with Crippen LogP contribution in [0.4, 0.5) is 11.5 Å². The molecule has 2 rings (SSSR count). The van der Waals surface area contributed by atoms with Gasteiger partial charge in [0.1, 0.15) is 23.6 Å². The molecule has 1 aromatic carbocycles. The van der Waals surface area contributed by atoms with Crippen molar-refractivity contribution >= 4 is 17.4 Å². The molecule has 0 radical (unpaired) electrons. The van der Waals surface area contributed by atoms with E-state index < -0.39 is 0 Å². The van der Waals surface area contributed by atoms with Gasteiger partial charge in [-0.2, -0.15) is 0 Å². The highest BCUT2D eigenvalue weighted by molar-refractivity contribution is 6.04. The lowest BCUT2D eigenvalue weighted by atomic mass is 10.2. The number of amides is 1. The van der Waals surface area contributed by atoms with Crippen LogP contribution in [0.25, 0.3) is 0 Å². The van der Waals surface area contributed by atoms with Gasteiger partial charge in [0.15, 0.2) is 0 Å². The second-order valence-corrected chi connectivity index (χ2v) is 5.22. The molecule has 7 nitrogen and oxygen atoms in total. The Morgan fingerprint density at radius 1 is 1.21 bits per heavy atom. The molecule has 0 aliphatic rings. The maximum Gasteiger partial charge on any atom is 0.274 e. The van der Waals surface area contributed by atoms with Crippen LogP contribution in [0, 0.1) is 6.92 Å². The second-order valence-electron chi connectivity index (χ2n) is 5.22. The zero-order valence-corrected chi connectivity index (χ0v) is 14.1. The van der Waals surface area contributed by atoms with Crippen molar-refractivity contribution < 1.29 is 14.3 Å². The third-order valence-corrected chi connectivity index (χ3v) is 3.33. The molecule has 0 saturated carbocycles. The highest BCUT2D eigenvalue weighted by atomic mass is 16.5. The van der Waals surface area contributed by atoms with Crippen molar-refractivity contribution in [3.63, 3.8) is 0 Å². The number of nitrogens with zero attached hydrogens (tertiary/aromatic N) is 2.